The molecule has 1 atom stereocenters. The number of hydrogen-bond acceptors (Lipinski definition) is 2. The number of aryl methyl sites for hydroxylation is 1. The first kappa shape index (κ1) is 18.5. The van der Waals surface area contributed by atoms with Crippen molar-refractivity contribution in [1.29, 1.82) is 0 Å². The molecule has 0 aliphatic heterocycles. The first-order chi connectivity index (χ1) is 8.63. The second-order valence-electron chi connectivity index (χ2n) is 5.90. The maximum absolute atomic E-state index is 10.1. The van der Waals surface area contributed by atoms with Gasteiger partial charge in [-0.25, -0.2) is 0 Å². The van der Waals surface area contributed by atoms with Crippen molar-refractivity contribution in [3.8, 4) is 0 Å². The smallest absolute Gasteiger partial charge is 0.0630 e. The van der Waals surface area contributed by atoms with E-state index in [9.17, 15) is 5.11 Å². The fourth-order valence-electron chi connectivity index (χ4n) is 1.92. The van der Waals surface area contributed by atoms with Gasteiger partial charge in [0.15, 0.2) is 0 Å². The average Bonchev–Trinajstić information content (AvgIpc) is 2.29. The molecule has 0 amide bonds. The molecule has 0 aromatic heterocycles. The second-order valence-corrected chi connectivity index (χ2v) is 7.63. The second kappa shape index (κ2) is 7.35. The highest BCUT2D eigenvalue weighted by Gasteiger charge is 2.36. The Morgan fingerprint density at radius 1 is 1.11 bits per heavy atom. The number of rotatable bonds is 4. The molecule has 1 N–H and O–H groups in total. The van der Waals surface area contributed by atoms with Crippen LogP contribution in [-0.4, -0.2) is 15.5 Å². The van der Waals surface area contributed by atoms with Crippen LogP contribution in [0, 0.1) is 12.8 Å². The number of aliphatic hydroxyl groups is 1. The summed E-state index contributed by atoms with van der Waals surface area (Å²) in [5, 5.41) is 10.1. The van der Waals surface area contributed by atoms with E-state index in [2.05, 4.69) is 52.0 Å². The Bertz CT molecular complexity index is 377. The van der Waals surface area contributed by atoms with Gasteiger partial charge in [0.2, 0.25) is 0 Å². The minimum atomic E-state index is -0.652. The molecule has 0 bridgehead atoms. The molecule has 0 aliphatic rings. The molecule has 0 fully saturated rings. The van der Waals surface area contributed by atoms with Crippen LogP contribution in [0.5, 0.6) is 0 Å². The van der Waals surface area contributed by atoms with Gasteiger partial charge in [-0.1, -0.05) is 38.5 Å². The topological polar surface area (TPSA) is 20.2 Å². The molecule has 110 valence electrons. The Balaban J connectivity index is 0.00000154. The molecule has 0 aliphatic carbocycles. The molecule has 1 nitrogen and oxygen atoms in total. The van der Waals surface area contributed by atoms with Crippen molar-refractivity contribution in [2.75, 3.05) is 0 Å². The van der Waals surface area contributed by atoms with E-state index in [0.29, 0.717) is 0 Å². The lowest BCUT2D eigenvalue weighted by Crippen LogP contribution is -2.41. The molecule has 1 aromatic carbocycles. The lowest BCUT2D eigenvalue weighted by Gasteiger charge is -2.39. The van der Waals surface area contributed by atoms with Gasteiger partial charge < -0.3 is 5.11 Å². The fourth-order valence-corrected chi connectivity index (χ4v) is 3.39. The number of thioether (sulfide) groups is 1. The van der Waals surface area contributed by atoms with Crippen molar-refractivity contribution in [2.24, 2.45) is 5.92 Å². The molecule has 0 saturated carbocycles. The molecule has 1 unspecified atom stereocenters. The van der Waals surface area contributed by atoms with E-state index < -0.39 is 5.60 Å². The van der Waals surface area contributed by atoms with E-state index in [1.165, 1.54) is 10.5 Å². The zero-order valence-electron chi connectivity index (χ0n) is 13.7. The van der Waals surface area contributed by atoms with Crippen LogP contribution >= 0.6 is 11.8 Å². The molecule has 0 spiro atoms. The summed E-state index contributed by atoms with van der Waals surface area (Å²) >= 11 is 1.84. The molecular formula is C17H30OS. The summed E-state index contributed by atoms with van der Waals surface area (Å²) in [6.07, 6.45) is 0. The maximum Gasteiger partial charge on any atom is 0.0630 e. The predicted octanol–water partition coefficient (Wildman–Crippen LogP) is 5.30. The van der Waals surface area contributed by atoms with E-state index >= 15 is 0 Å². The lowest BCUT2D eigenvalue weighted by molar-refractivity contribution is 0.0128. The van der Waals surface area contributed by atoms with Gasteiger partial charge in [0.1, 0.15) is 0 Å². The van der Waals surface area contributed by atoms with Crippen molar-refractivity contribution < 1.29 is 5.11 Å². The minimum Gasteiger partial charge on any atom is -0.390 e. The minimum absolute atomic E-state index is 0.00600. The van der Waals surface area contributed by atoms with Crippen LogP contribution in [0.3, 0.4) is 0 Å². The Hall–Kier alpha value is -0.470. The van der Waals surface area contributed by atoms with Crippen LogP contribution in [0.2, 0.25) is 0 Å². The summed E-state index contributed by atoms with van der Waals surface area (Å²) in [4.78, 5) is 1.27. The monoisotopic (exact) mass is 282 g/mol. The quantitative estimate of drug-likeness (QED) is 0.756. The van der Waals surface area contributed by atoms with E-state index in [1.54, 1.807) is 0 Å². The van der Waals surface area contributed by atoms with Crippen molar-refractivity contribution >= 4 is 11.8 Å². The highest BCUT2D eigenvalue weighted by molar-refractivity contribution is 8.00. The van der Waals surface area contributed by atoms with Gasteiger partial charge in [-0.3, -0.25) is 0 Å². The summed E-state index contributed by atoms with van der Waals surface area (Å²) < 4.78 is 0.00600. The third-order valence-electron chi connectivity index (χ3n) is 3.47. The lowest BCUT2D eigenvalue weighted by atomic mass is 9.83. The van der Waals surface area contributed by atoms with Gasteiger partial charge in [-0.05, 0) is 52.7 Å². The van der Waals surface area contributed by atoms with Crippen molar-refractivity contribution in [3.63, 3.8) is 0 Å². The van der Waals surface area contributed by atoms with Gasteiger partial charge in [0, 0.05) is 9.64 Å². The third kappa shape index (κ3) is 6.01. The first-order valence-electron chi connectivity index (χ1n) is 7.11. The summed E-state index contributed by atoms with van der Waals surface area (Å²) in [6.45, 7) is 16.4. The van der Waals surface area contributed by atoms with Gasteiger partial charge >= 0.3 is 0 Å². The molecule has 0 heterocycles. The van der Waals surface area contributed by atoms with Crippen molar-refractivity contribution in [2.45, 2.75) is 70.6 Å². The van der Waals surface area contributed by atoms with Gasteiger partial charge in [0.05, 0.1) is 5.60 Å². The summed E-state index contributed by atoms with van der Waals surface area (Å²) in [5.74, 6) is 0.209. The van der Waals surface area contributed by atoms with Crippen LogP contribution < -0.4 is 0 Å². The summed E-state index contributed by atoms with van der Waals surface area (Å²) in [6, 6.07) is 8.53. The molecule has 1 aromatic rings. The number of benzene rings is 1. The SMILES string of the molecule is CC.Cc1cccc(SC(C)(C)C(C)C(C)(C)O)c1. The Morgan fingerprint density at radius 3 is 2.05 bits per heavy atom. The van der Waals surface area contributed by atoms with Crippen LogP contribution in [-0.2, 0) is 0 Å². The van der Waals surface area contributed by atoms with Crippen LogP contribution in [0.15, 0.2) is 29.2 Å². The van der Waals surface area contributed by atoms with E-state index in [1.807, 2.05) is 39.5 Å². The van der Waals surface area contributed by atoms with Crippen LogP contribution in [0.1, 0.15) is 54.0 Å². The Morgan fingerprint density at radius 2 is 1.63 bits per heavy atom. The normalized spacial score (nSPS) is 13.5. The first-order valence-corrected chi connectivity index (χ1v) is 7.92. The average molecular weight is 282 g/mol. The number of hydrogen-bond donors (Lipinski definition) is 1. The summed E-state index contributed by atoms with van der Waals surface area (Å²) in [5.41, 5.74) is 0.627. The third-order valence-corrected chi connectivity index (χ3v) is 4.84. The zero-order valence-corrected chi connectivity index (χ0v) is 14.6. The molecule has 0 radical (unpaired) electrons. The summed E-state index contributed by atoms with van der Waals surface area (Å²) in [7, 11) is 0. The molecule has 1 rings (SSSR count). The van der Waals surface area contributed by atoms with E-state index in [-0.39, 0.29) is 10.7 Å². The molecule has 19 heavy (non-hydrogen) atoms. The Labute approximate surface area is 123 Å². The van der Waals surface area contributed by atoms with Gasteiger partial charge in [0.25, 0.3) is 0 Å². The predicted molar refractivity (Wildman–Crippen MR) is 87.9 cm³/mol. The highest BCUT2D eigenvalue weighted by Crippen LogP contribution is 2.42. The maximum atomic E-state index is 10.1. The zero-order chi connectivity index (χ0) is 15.3. The Kier molecular flexibility index (Phi) is 7.17. The van der Waals surface area contributed by atoms with E-state index in [0.717, 1.165) is 0 Å². The highest BCUT2D eigenvalue weighted by atomic mass is 32.2. The largest absolute Gasteiger partial charge is 0.390 e. The van der Waals surface area contributed by atoms with Crippen molar-refractivity contribution in [3.05, 3.63) is 29.8 Å². The standard InChI is InChI=1S/C15H24OS.C2H6/c1-11-8-7-9-13(10-11)17-15(5,6)12(2)14(3,4)16;1-2/h7-10,12,16H,1-6H3;1-2H3. The van der Waals surface area contributed by atoms with Crippen LogP contribution in [0.25, 0.3) is 0 Å². The van der Waals surface area contributed by atoms with Gasteiger partial charge in [-0.2, -0.15) is 0 Å². The molecule has 0 saturated heterocycles. The van der Waals surface area contributed by atoms with Gasteiger partial charge in [-0.15, -0.1) is 11.8 Å². The fraction of sp³-hybridized carbons (Fsp3) is 0.647. The molecular weight excluding hydrogens is 252 g/mol. The van der Waals surface area contributed by atoms with Crippen LogP contribution in [0.4, 0.5) is 0 Å². The van der Waals surface area contributed by atoms with Crippen molar-refractivity contribution in [1.82, 2.24) is 0 Å². The van der Waals surface area contributed by atoms with E-state index in [4.69, 9.17) is 0 Å². The molecule has 2 heteroatoms.